The van der Waals surface area contributed by atoms with Gasteiger partial charge in [-0.15, -0.1) is 0 Å². The molecule has 0 radical (unpaired) electrons. The molecule has 0 saturated carbocycles. The number of carbonyl (C=O) groups excluding carboxylic acids is 2. The lowest BCUT2D eigenvalue weighted by molar-refractivity contribution is -0.149. The Kier molecular flexibility index (Phi) is 8.40. The molecule has 0 heterocycles. The molecule has 1 atom stereocenters. The molecular weight excluding hydrogens is 328 g/mol. The van der Waals surface area contributed by atoms with E-state index >= 15 is 0 Å². The molecule has 0 saturated heterocycles. The molecule has 138 valence electrons. The quantitative estimate of drug-likeness (QED) is 0.459. The highest BCUT2D eigenvalue weighted by molar-refractivity contribution is 5.72. The molecule has 0 amide bonds. The summed E-state index contributed by atoms with van der Waals surface area (Å²) in [5, 5.41) is 0. The highest BCUT2D eigenvalue weighted by Crippen LogP contribution is 2.13. The minimum absolute atomic E-state index is 0.168. The van der Waals surface area contributed by atoms with Crippen LogP contribution in [0.25, 0.3) is 0 Å². The average Bonchev–Trinajstić information content (AvgIpc) is 2.69. The van der Waals surface area contributed by atoms with Gasteiger partial charge in [-0.2, -0.15) is 0 Å². The molecule has 0 aliphatic heterocycles. The van der Waals surface area contributed by atoms with Crippen LogP contribution < -0.4 is 0 Å². The third kappa shape index (κ3) is 7.51. The van der Waals surface area contributed by atoms with Crippen LogP contribution in [0.3, 0.4) is 0 Å². The van der Waals surface area contributed by atoms with Gasteiger partial charge in [-0.05, 0) is 24.0 Å². The second-order valence-electron chi connectivity index (χ2n) is 6.39. The number of benzene rings is 2. The predicted molar refractivity (Wildman–Crippen MR) is 100 cm³/mol. The maximum Gasteiger partial charge on any atom is 0.308 e. The third-order valence-corrected chi connectivity index (χ3v) is 4.14. The van der Waals surface area contributed by atoms with Gasteiger partial charge in [0.15, 0.2) is 0 Å². The fraction of sp³-hybridized carbons (Fsp3) is 0.364. The smallest absolute Gasteiger partial charge is 0.308 e. The number of carbonyl (C=O) groups is 2. The Labute approximate surface area is 155 Å². The number of rotatable bonds is 10. The topological polar surface area (TPSA) is 52.6 Å². The Balaban J connectivity index is 1.55. The summed E-state index contributed by atoms with van der Waals surface area (Å²) >= 11 is 0. The summed E-state index contributed by atoms with van der Waals surface area (Å²) in [4.78, 5) is 23.7. The van der Waals surface area contributed by atoms with E-state index in [0.29, 0.717) is 32.5 Å². The van der Waals surface area contributed by atoms with Gasteiger partial charge >= 0.3 is 11.9 Å². The first-order chi connectivity index (χ1) is 12.6. The number of ether oxygens (including phenoxy) is 2. The van der Waals surface area contributed by atoms with E-state index in [0.717, 1.165) is 17.5 Å². The average molecular weight is 354 g/mol. The van der Waals surface area contributed by atoms with Crippen molar-refractivity contribution in [3.63, 3.8) is 0 Å². The Bertz CT molecular complexity index is 667. The summed E-state index contributed by atoms with van der Waals surface area (Å²) in [6.07, 6.45) is 2.59. The van der Waals surface area contributed by atoms with E-state index in [1.807, 2.05) is 67.6 Å². The molecule has 2 aromatic carbocycles. The van der Waals surface area contributed by atoms with Crippen LogP contribution in [-0.4, -0.2) is 11.9 Å². The van der Waals surface area contributed by atoms with E-state index in [-0.39, 0.29) is 17.9 Å². The molecule has 4 heteroatoms. The molecule has 0 bridgehead atoms. The minimum Gasteiger partial charge on any atom is -0.461 e. The fourth-order valence-corrected chi connectivity index (χ4v) is 2.52. The molecule has 0 aliphatic rings. The van der Waals surface area contributed by atoms with Crippen LogP contribution in [0.5, 0.6) is 0 Å². The van der Waals surface area contributed by atoms with E-state index < -0.39 is 0 Å². The van der Waals surface area contributed by atoms with Crippen molar-refractivity contribution in [2.24, 2.45) is 5.92 Å². The van der Waals surface area contributed by atoms with E-state index in [9.17, 15) is 9.59 Å². The molecule has 0 aliphatic carbocycles. The first-order valence-electron chi connectivity index (χ1n) is 9.05. The Morgan fingerprint density at radius 2 is 1.35 bits per heavy atom. The first-order valence-corrected chi connectivity index (χ1v) is 9.05. The standard InChI is InChI=1S/C22H26O4/c1-18(22(24)26-17-20-13-6-3-7-14-20)10-8-9-15-21(23)25-16-19-11-4-2-5-12-19/h2-7,11-14,18H,8-10,15-17H2,1H3. The van der Waals surface area contributed by atoms with Crippen molar-refractivity contribution in [2.75, 3.05) is 0 Å². The highest BCUT2D eigenvalue weighted by atomic mass is 16.5. The van der Waals surface area contributed by atoms with Gasteiger partial charge in [-0.25, -0.2) is 0 Å². The lowest BCUT2D eigenvalue weighted by Gasteiger charge is -2.11. The van der Waals surface area contributed by atoms with Crippen molar-refractivity contribution in [1.82, 2.24) is 0 Å². The lowest BCUT2D eigenvalue weighted by Crippen LogP contribution is -2.15. The van der Waals surface area contributed by atoms with Gasteiger partial charge in [0.05, 0.1) is 5.92 Å². The Hall–Kier alpha value is -2.62. The van der Waals surface area contributed by atoms with Crippen molar-refractivity contribution in [2.45, 2.75) is 45.8 Å². The summed E-state index contributed by atoms with van der Waals surface area (Å²) in [6, 6.07) is 19.2. The van der Waals surface area contributed by atoms with Gasteiger partial charge in [-0.1, -0.05) is 74.0 Å². The van der Waals surface area contributed by atoms with Crippen LogP contribution in [0.15, 0.2) is 60.7 Å². The van der Waals surface area contributed by atoms with Crippen molar-refractivity contribution >= 4 is 11.9 Å². The van der Waals surface area contributed by atoms with Gasteiger partial charge < -0.3 is 9.47 Å². The van der Waals surface area contributed by atoms with Crippen LogP contribution in [0.4, 0.5) is 0 Å². The van der Waals surface area contributed by atoms with Gasteiger partial charge in [0.2, 0.25) is 0 Å². The molecule has 26 heavy (non-hydrogen) atoms. The predicted octanol–water partition coefficient (Wildman–Crippen LogP) is 4.67. The summed E-state index contributed by atoms with van der Waals surface area (Å²) in [5.74, 6) is -0.562. The zero-order valence-electron chi connectivity index (χ0n) is 15.2. The third-order valence-electron chi connectivity index (χ3n) is 4.14. The van der Waals surface area contributed by atoms with E-state index in [4.69, 9.17) is 9.47 Å². The molecule has 0 aromatic heterocycles. The number of hydrogen-bond acceptors (Lipinski definition) is 4. The molecular formula is C22H26O4. The highest BCUT2D eigenvalue weighted by Gasteiger charge is 2.14. The summed E-state index contributed by atoms with van der Waals surface area (Å²) < 4.78 is 10.6. The molecule has 4 nitrogen and oxygen atoms in total. The van der Waals surface area contributed by atoms with E-state index in [1.54, 1.807) is 0 Å². The van der Waals surface area contributed by atoms with Gasteiger partial charge in [0.1, 0.15) is 13.2 Å². The Morgan fingerprint density at radius 3 is 1.92 bits per heavy atom. The molecule has 0 N–H and O–H groups in total. The van der Waals surface area contributed by atoms with Crippen molar-refractivity contribution in [3.8, 4) is 0 Å². The van der Waals surface area contributed by atoms with E-state index in [1.165, 1.54) is 0 Å². The van der Waals surface area contributed by atoms with E-state index in [2.05, 4.69) is 0 Å². The van der Waals surface area contributed by atoms with Crippen LogP contribution in [0.2, 0.25) is 0 Å². The molecule has 2 rings (SSSR count). The molecule has 0 fully saturated rings. The zero-order chi connectivity index (χ0) is 18.6. The van der Waals surface area contributed by atoms with Crippen LogP contribution in [0, 0.1) is 5.92 Å². The first kappa shape index (κ1) is 19.7. The maximum atomic E-state index is 12.0. The zero-order valence-corrected chi connectivity index (χ0v) is 15.2. The Morgan fingerprint density at radius 1 is 0.808 bits per heavy atom. The SMILES string of the molecule is CC(CCCCC(=O)OCc1ccccc1)C(=O)OCc1ccccc1. The molecule has 0 spiro atoms. The minimum atomic E-state index is -0.201. The number of hydrogen-bond donors (Lipinski definition) is 0. The summed E-state index contributed by atoms with van der Waals surface area (Å²) in [5.41, 5.74) is 1.96. The summed E-state index contributed by atoms with van der Waals surface area (Å²) in [6.45, 7) is 2.47. The number of unbranched alkanes of at least 4 members (excludes halogenated alkanes) is 1. The second-order valence-corrected chi connectivity index (χ2v) is 6.39. The van der Waals surface area contributed by atoms with Crippen LogP contribution in [0.1, 0.15) is 43.7 Å². The normalized spacial score (nSPS) is 11.6. The molecule has 1 unspecified atom stereocenters. The van der Waals surface area contributed by atoms with Crippen LogP contribution in [-0.2, 0) is 32.3 Å². The van der Waals surface area contributed by atoms with Crippen molar-refractivity contribution in [1.29, 1.82) is 0 Å². The van der Waals surface area contributed by atoms with Gasteiger partial charge in [-0.3, -0.25) is 9.59 Å². The van der Waals surface area contributed by atoms with Crippen molar-refractivity contribution in [3.05, 3.63) is 71.8 Å². The summed E-state index contributed by atoms with van der Waals surface area (Å²) in [7, 11) is 0. The van der Waals surface area contributed by atoms with Gasteiger partial charge in [0.25, 0.3) is 0 Å². The largest absolute Gasteiger partial charge is 0.461 e. The molecule has 2 aromatic rings. The monoisotopic (exact) mass is 354 g/mol. The maximum absolute atomic E-state index is 12.0. The second kappa shape index (κ2) is 11.1. The van der Waals surface area contributed by atoms with Gasteiger partial charge in [0, 0.05) is 6.42 Å². The number of esters is 2. The van der Waals surface area contributed by atoms with Crippen molar-refractivity contribution < 1.29 is 19.1 Å². The fourth-order valence-electron chi connectivity index (χ4n) is 2.52. The lowest BCUT2D eigenvalue weighted by atomic mass is 10.0. The van der Waals surface area contributed by atoms with Crippen LogP contribution >= 0.6 is 0 Å².